The third-order valence-electron chi connectivity index (χ3n) is 7.58. The second kappa shape index (κ2) is 11.3. The van der Waals surface area contributed by atoms with Gasteiger partial charge in [-0.2, -0.15) is 13.2 Å². The van der Waals surface area contributed by atoms with Gasteiger partial charge in [-0.1, -0.05) is 51.1 Å². The number of ether oxygens (including phenoxy) is 2. The van der Waals surface area contributed by atoms with Gasteiger partial charge in [-0.3, -0.25) is 9.69 Å². The van der Waals surface area contributed by atoms with E-state index in [1.54, 1.807) is 30.3 Å². The van der Waals surface area contributed by atoms with Crippen LogP contribution in [0.15, 0.2) is 30.3 Å². The highest BCUT2D eigenvalue weighted by Gasteiger charge is 2.59. The molecule has 3 rings (SSSR count). The van der Waals surface area contributed by atoms with E-state index >= 15 is 0 Å². The van der Waals surface area contributed by atoms with Crippen molar-refractivity contribution in [3.05, 3.63) is 35.9 Å². The molecule has 2 aliphatic heterocycles. The summed E-state index contributed by atoms with van der Waals surface area (Å²) in [4.78, 5) is 28.0. The number of rotatable bonds is 9. The highest BCUT2D eigenvalue weighted by Crippen LogP contribution is 2.41. The van der Waals surface area contributed by atoms with Gasteiger partial charge in [0.1, 0.15) is 0 Å². The lowest BCUT2D eigenvalue weighted by Crippen LogP contribution is -2.57. The maximum Gasteiger partial charge on any atom is 0.471 e. The number of carbonyl (C=O) groups is 2. The van der Waals surface area contributed by atoms with Crippen LogP contribution in [0.2, 0.25) is 18.1 Å². The number of methoxy groups -OCH3 is 1. The van der Waals surface area contributed by atoms with Gasteiger partial charge in [0, 0.05) is 12.5 Å². The molecular weight excluding hydrogens is 481 g/mol. The summed E-state index contributed by atoms with van der Waals surface area (Å²) in [6.45, 7) is 6.29. The van der Waals surface area contributed by atoms with Crippen molar-refractivity contribution < 1.29 is 36.7 Å². The molecule has 0 N–H and O–H groups in total. The molecular formula is C24H35F3N2O5Si. The van der Waals surface area contributed by atoms with Crippen molar-refractivity contribution in [2.24, 2.45) is 5.92 Å². The summed E-state index contributed by atoms with van der Waals surface area (Å²) in [6, 6.07) is 8.88. The van der Waals surface area contributed by atoms with Crippen molar-refractivity contribution in [2.75, 3.05) is 26.9 Å². The number of fused-ring (bicyclic) bond motifs is 1. The number of benzene rings is 1. The Morgan fingerprint density at radius 2 is 1.74 bits per heavy atom. The van der Waals surface area contributed by atoms with Crippen LogP contribution in [0.5, 0.6) is 0 Å². The number of nitrogens with zero attached hydrogens (tertiary/aromatic N) is 2. The van der Waals surface area contributed by atoms with Gasteiger partial charge in [-0.25, -0.2) is 4.79 Å². The fraction of sp³-hybridized carbons (Fsp3) is 0.667. The van der Waals surface area contributed by atoms with Crippen LogP contribution in [0.4, 0.5) is 18.0 Å². The molecule has 0 bridgehead atoms. The third kappa shape index (κ3) is 5.67. The molecule has 0 aliphatic carbocycles. The number of carbonyl (C=O) groups excluding carboxylic acids is 2. The SMILES string of the molecule is CC[Si](CC)(CC)OC[C@H]1[C@@H](N(Cc2ccccc2)C(=O)C(F)(F)F)[C@H]2COC[C@H]2N1C(=O)OC. The molecule has 2 fully saturated rings. The first kappa shape index (κ1) is 27.5. The first-order valence-corrected chi connectivity index (χ1v) is 14.6. The van der Waals surface area contributed by atoms with Gasteiger partial charge in [0.2, 0.25) is 0 Å². The molecule has 2 saturated heterocycles. The Kier molecular flexibility index (Phi) is 8.87. The number of likely N-dealkylation sites (tertiary alicyclic amines) is 1. The van der Waals surface area contributed by atoms with E-state index in [2.05, 4.69) is 20.8 Å². The Labute approximate surface area is 205 Å². The van der Waals surface area contributed by atoms with Gasteiger partial charge in [0.05, 0.1) is 45.1 Å². The largest absolute Gasteiger partial charge is 0.471 e. The van der Waals surface area contributed by atoms with E-state index in [4.69, 9.17) is 13.9 Å². The zero-order valence-electron chi connectivity index (χ0n) is 20.7. The number of amides is 2. The van der Waals surface area contributed by atoms with Gasteiger partial charge in [0.15, 0.2) is 8.32 Å². The van der Waals surface area contributed by atoms with Gasteiger partial charge in [-0.15, -0.1) is 0 Å². The molecule has 0 spiro atoms. The average Bonchev–Trinajstić information content (AvgIpc) is 3.43. The minimum atomic E-state index is -5.07. The first-order valence-electron chi connectivity index (χ1n) is 12.1. The fourth-order valence-corrected chi connectivity index (χ4v) is 8.07. The highest BCUT2D eigenvalue weighted by molar-refractivity contribution is 6.73. The molecule has 196 valence electrons. The molecule has 1 aromatic rings. The lowest BCUT2D eigenvalue weighted by Gasteiger charge is -2.39. The van der Waals surface area contributed by atoms with E-state index in [0.717, 1.165) is 23.0 Å². The monoisotopic (exact) mass is 516 g/mol. The maximum absolute atomic E-state index is 13.8. The number of alkyl halides is 3. The fourth-order valence-electron chi connectivity index (χ4n) is 5.44. The molecule has 0 saturated carbocycles. The van der Waals surface area contributed by atoms with Gasteiger partial charge < -0.3 is 18.8 Å². The molecule has 11 heteroatoms. The van der Waals surface area contributed by atoms with E-state index in [1.807, 2.05) is 0 Å². The Bertz CT molecular complexity index is 860. The Morgan fingerprint density at radius 1 is 1.11 bits per heavy atom. The van der Waals surface area contributed by atoms with E-state index in [0.29, 0.717) is 5.56 Å². The summed E-state index contributed by atoms with van der Waals surface area (Å²) in [7, 11) is -0.893. The molecule has 0 radical (unpaired) electrons. The molecule has 7 nitrogen and oxygen atoms in total. The zero-order chi connectivity index (χ0) is 25.8. The Morgan fingerprint density at radius 3 is 2.29 bits per heavy atom. The van der Waals surface area contributed by atoms with Crippen molar-refractivity contribution in [1.29, 1.82) is 0 Å². The second-order valence-electron chi connectivity index (χ2n) is 9.17. The van der Waals surface area contributed by atoms with Crippen LogP contribution in [0.25, 0.3) is 0 Å². The van der Waals surface area contributed by atoms with E-state index < -0.39 is 50.5 Å². The second-order valence-corrected chi connectivity index (χ2v) is 14.0. The minimum Gasteiger partial charge on any atom is -0.453 e. The number of hydrogen-bond donors (Lipinski definition) is 0. The molecule has 2 aliphatic rings. The molecule has 4 atom stereocenters. The molecule has 0 aromatic heterocycles. The average molecular weight is 517 g/mol. The predicted molar refractivity (Wildman–Crippen MR) is 126 cm³/mol. The number of halogens is 3. The van der Waals surface area contributed by atoms with Crippen LogP contribution >= 0.6 is 0 Å². The zero-order valence-corrected chi connectivity index (χ0v) is 21.7. The molecule has 2 heterocycles. The van der Waals surface area contributed by atoms with Crippen LogP contribution in [-0.2, 0) is 25.2 Å². The topological polar surface area (TPSA) is 68.3 Å². The summed E-state index contributed by atoms with van der Waals surface area (Å²) >= 11 is 0. The first-order chi connectivity index (χ1) is 16.6. The van der Waals surface area contributed by atoms with Crippen molar-refractivity contribution in [1.82, 2.24) is 9.80 Å². The molecule has 0 unspecified atom stereocenters. The maximum atomic E-state index is 13.8. The van der Waals surface area contributed by atoms with Crippen molar-refractivity contribution in [3.63, 3.8) is 0 Å². The summed E-state index contributed by atoms with van der Waals surface area (Å²) in [6.07, 6.45) is -5.72. The van der Waals surface area contributed by atoms with Crippen LogP contribution < -0.4 is 0 Å². The molecule has 35 heavy (non-hydrogen) atoms. The van der Waals surface area contributed by atoms with E-state index in [1.165, 1.54) is 12.0 Å². The standard InChI is InChI=1S/C24H35F3N2O5Si/c1-5-35(6-2,7-3)34-16-20-21(18-14-33-15-19(18)29(20)23(31)32-4)28(22(30)24(25,26)27)13-17-11-9-8-10-12-17/h8-12,18-21H,5-7,13-16H2,1-4H3/t18-,19+,20-,21-/m0/s1. The quantitative estimate of drug-likeness (QED) is 0.454. The summed E-state index contributed by atoms with van der Waals surface area (Å²) in [5.74, 6) is -2.42. The van der Waals surface area contributed by atoms with Crippen LogP contribution in [-0.4, -0.2) is 81.3 Å². The van der Waals surface area contributed by atoms with Gasteiger partial charge in [0.25, 0.3) is 0 Å². The highest BCUT2D eigenvalue weighted by atomic mass is 28.4. The lowest BCUT2D eigenvalue weighted by molar-refractivity contribution is -0.190. The van der Waals surface area contributed by atoms with Crippen LogP contribution in [0, 0.1) is 5.92 Å². The minimum absolute atomic E-state index is 0.0466. The van der Waals surface area contributed by atoms with Gasteiger partial charge >= 0.3 is 18.2 Å². The van der Waals surface area contributed by atoms with Gasteiger partial charge in [-0.05, 0) is 23.7 Å². The Hall–Kier alpha value is -2.11. The molecule has 2 amide bonds. The van der Waals surface area contributed by atoms with Crippen molar-refractivity contribution in [2.45, 2.75) is 69.8 Å². The van der Waals surface area contributed by atoms with Crippen LogP contribution in [0.1, 0.15) is 26.3 Å². The lowest BCUT2D eigenvalue weighted by atomic mass is 9.94. The predicted octanol–water partition coefficient (Wildman–Crippen LogP) is 4.43. The normalized spacial score (nSPS) is 24.4. The van der Waals surface area contributed by atoms with Crippen LogP contribution in [0.3, 0.4) is 0 Å². The van der Waals surface area contributed by atoms with Crippen molar-refractivity contribution in [3.8, 4) is 0 Å². The smallest absolute Gasteiger partial charge is 0.453 e. The molecule has 1 aromatic carbocycles. The van der Waals surface area contributed by atoms with E-state index in [-0.39, 0.29) is 26.4 Å². The summed E-state index contributed by atoms with van der Waals surface area (Å²) in [5.41, 5.74) is 0.566. The summed E-state index contributed by atoms with van der Waals surface area (Å²) in [5, 5.41) is 0. The van der Waals surface area contributed by atoms with E-state index in [9.17, 15) is 22.8 Å². The van der Waals surface area contributed by atoms with Crippen molar-refractivity contribution >= 4 is 20.3 Å². The number of hydrogen-bond acceptors (Lipinski definition) is 5. The Balaban J connectivity index is 2.05. The summed E-state index contributed by atoms with van der Waals surface area (Å²) < 4.78 is 58.6. The third-order valence-corrected chi connectivity index (χ3v) is 12.2.